The molecule has 6 heteroatoms. The second-order valence-electron chi connectivity index (χ2n) is 3.42. The molecule has 0 spiro atoms. The Morgan fingerprint density at radius 3 is 2.18 bits per heavy atom. The summed E-state index contributed by atoms with van der Waals surface area (Å²) in [6.45, 7) is 0. The van der Waals surface area contributed by atoms with Crippen LogP contribution in [0.15, 0.2) is 24.3 Å². The first-order valence-electron chi connectivity index (χ1n) is 4.64. The van der Waals surface area contributed by atoms with E-state index >= 15 is 0 Å². The van der Waals surface area contributed by atoms with Gasteiger partial charge in [-0.3, -0.25) is 0 Å². The van der Waals surface area contributed by atoms with Crippen LogP contribution in [0.5, 0.6) is 0 Å². The fourth-order valence-corrected chi connectivity index (χ4v) is 2.51. The van der Waals surface area contributed by atoms with Crippen molar-refractivity contribution in [1.29, 1.82) is 0 Å². The molecule has 2 N–H and O–H groups in total. The molecule has 1 nitrogen and oxygen atoms in total. The average molecular weight is 278 g/mol. The van der Waals surface area contributed by atoms with E-state index in [1.165, 1.54) is 11.3 Å². The van der Waals surface area contributed by atoms with Crippen molar-refractivity contribution in [2.45, 2.75) is 6.04 Å². The van der Waals surface area contributed by atoms with E-state index in [0.29, 0.717) is 9.21 Å². The Labute approximate surface area is 105 Å². The molecule has 1 aromatic carbocycles. The lowest BCUT2D eigenvalue weighted by Gasteiger charge is -2.10. The van der Waals surface area contributed by atoms with Crippen LogP contribution in [0.2, 0.25) is 4.34 Å². The Morgan fingerprint density at radius 2 is 1.71 bits per heavy atom. The first kappa shape index (κ1) is 12.4. The number of hydrogen-bond donors (Lipinski definition) is 1. The van der Waals surface area contributed by atoms with E-state index in [1.54, 1.807) is 12.1 Å². The van der Waals surface area contributed by atoms with Gasteiger partial charge in [-0.15, -0.1) is 11.3 Å². The maximum atomic E-state index is 13.0. The van der Waals surface area contributed by atoms with E-state index in [1.807, 2.05) is 0 Å². The lowest BCUT2D eigenvalue weighted by molar-refractivity contribution is 0.444. The molecule has 0 aliphatic heterocycles. The summed E-state index contributed by atoms with van der Waals surface area (Å²) in [5.74, 6) is -4.00. The second kappa shape index (κ2) is 4.68. The lowest BCUT2D eigenvalue weighted by atomic mass is 10.1. The first-order valence-corrected chi connectivity index (χ1v) is 5.83. The standard InChI is InChI=1S/C11H7ClF3NS/c12-9-2-1-8(17-9)11(16)5-3-6(13)10(15)7(14)4-5/h1-4,11H,16H2. The van der Waals surface area contributed by atoms with Gasteiger partial charge in [-0.05, 0) is 29.8 Å². The minimum atomic E-state index is -1.50. The maximum absolute atomic E-state index is 13.0. The third kappa shape index (κ3) is 2.46. The second-order valence-corrected chi connectivity index (χ2v) is 5.16. The van der Waals surface area contributed by atoms with Crippen LogP contribution in [0.25, 0.3) is 0 Å². The summed E-state index contributed by atoms with van der Waals surface area (Å²) in [5.41, 5.74) is 5.98. The van der Waals surface area contributed by atoms with E-state index in [-0.39, 0.29) is 5.56 Å². The molecule has 17 heavy (non-hydrogen) atoms. The molecule has 2 rings (SSSR count). The summed E-state index contributed by atoms with van der Waals surface area (Å²) in [5, 5.41) is 0. The molecular formula is C11H7ClF3NS. The highest BCUT2D eigenvalue weighted by molar-refractivity contribution is 7.16. The molecule has 0 saturated carbocycles. The molecular weight excluding hydrogens is 271 g/mol. The minimum Gasteiger partial charge on any atom is -0.320 e. The molecule has 0 radical (unpaired) electrons. The number of hydrogen-bond acceptors (Lipinski definition) is 2. The third-order valence-electron chi connectivity index (χ3n) is 2.27. The van der Waals surface area contributed by atoms with Gasteiger partial charge in [0.2, 0.25) is 0 Å². The topological polar surface area (TPSA) is 26.0 Å². The van der Waals surface area contributed by atoms with Crippen LogP contribution in [0.1, 0.15) is 16.5 Å². The smallest absolute Gasteiger partial charge is 0.194 e. The number of nitrogens with two attached hydrogens (primary N) is 1. The van der Waals surface area contributed by atoms with Gasteiger partial charge in [0.15, 0.2) is 17.5 Å². The monoisotopic (exact) mass is 277 g/mol. The van der Waals surface area contributed by atoms with Crippen molar-refractivity contribution in [3.8, 4) is 0 Å². The lowest BCUT2D eigenvalue weighted by Crippen LogP contribution is -2.11. The zero-order valence-electron chi connectivity index (χ0n) is 8.38. The van der Waals surface area contributed by atoms with Crippen LogP contribution < -0.4 is 5.73 Å². The van der Waals surface area contributed by atoms with Gasteiger partial charge in [-0.1, -0.05) is 11.6 Å². The van der Waals surface area contributed by atoms with Crippen molar-refractivity contribution >= 4 is 22.9 Å². The number of thiophene rings is 1. The van der Waals surface area contributed by atoms with Gasteiger partial charge < -0.3 is 5.73 Å². The molecule has 1 unspecified atom stereocenters. The van der Waals surface area contributed by atoms with Gasteiger partial charge in [-0.2, -0.15) is 0 Å². The molecule has 0 fully saturated rings. The van der Waals surface area contributed by atoms with E-state index < -0.39 is 23.5 Å². The molecule has 1 heterocycles. The minimum absolute atomic E-state index is 0.167. The fraction of sp³-hybridized carbons (Fsp3) is 0.0909. The highest BCUT2D eigenvalue weighted by atomic mass is 35.5. The van der Waals surface area contributed by atoms with E-state index in [0.717, 1.165) is 12.1 Å². The van der Waals surface area contributed by atoms with Crippen LogP contribution in [0.4, 0.5) is 13.2 Å². The van der Waals surface area contributed by atoms with Crippen LogP contribution in [0.3, 0.4) is 0 Å². The summed E-state index contributed by atoms with van der Waals surface area (Å²) >= 11 is 6.94. The van der Waals surface area contributed by atoms with Crippen molar-refractivity contribution in [3.05, 3.63) is 56.5 Å². The van der Waals surface area contributed by atoms with Crippen molar-refractivity contribution in [3.63, 3.8) is 0 Å². The molecule has 2 aromatic rings. The summed E-state index contributed by atoms with van der Waals surface area (Å²) in [6, 6.07) is 4.35. The first-order chi connectivity index (χ1) is 7.99. The highest BCUT2D eigenvalue weighted by Crippen LogP contribution is 2.30. The normalized spacial score (nSPS) is 12.8. The Morgan fingerprint density at radius 1 is 1.12 bits per heavy atom. The maximum Gasteiger partial charge on any atom is 0.194 e. The van der Waals surface area contributed by atoms with Gasteiger partial charge in [0.1, 0.15) is 0 Å². The van der Waals surface area contributed by atoms with Crippen LogP contribution in [-0.4, -0.2) is 0 Å². The summed E-state index contributed by atoms with van der Waals surface area (Å²) in [4.78, 5) is 0.653. The van der Waals surface area contributed by atoms with Crippen LogP contribution in [0, 0.1) is 17.5 Å². The Hall–Kier alpha value is -1.04. The Balaban J connectivity index is 2.41. The molecule has 1 aromatic heterocycles. The van der Waals surface area contributed by atoms with Gasteiger partial charge >= 0.3 is 0 Å². The van der Waals surface area contributed by atoms with Crippen molar-refractivity contribution in [1.82, 2.24) is 0 Å². The molecule has 0 bridgehead atoms. The highest BCUT2D eigenvalue weighted by Gasteiger charge is 2.17. The summed E-state index contributed by atoms with van der Waals surface area (Å²) in [7, 11) is 0. The zero-order valence-corrected chi connectivity index (χ0v) is 9.96. The predicted molar refractivity (Wildman–Crippen MR) is 61.7 cm³/mol. The molecule has 90 valence electrons. The van der Waals surface area contributed by atoms with Crippen LogP contribution in [-0.2, 0) is 0 Å². The number of halogens is 4. The van der Waals surface area contributed by atoms with E-state index in [9.17, 15) is 13.2 Å². The quantitative estimate of drug-likeness (QED) is 0.829. The Bertz CT molecular complexity index is 532. The summed E-state index contributed by atoms with van der Waals surface area (Å²) in [6.07, 6.45) is 0. The van der Waals surface area contributed by atoms with Crippen molar-refractivity contribution in [2.24, 2.45) is 5.73 Å². The third-order valence-corrected chi connectivity index (χ3v) is 3.58. The van der Waals surface area contributed by atoms with Gasteiger partial charge in [-0.25, -0.2) is 13.2 Å². The van der Waals surface area contributed by atoms with Gasteiger partial charge in [0, 0.05) is 4.88 Å². The van der Waals surface area contributed by atoms with Gasteiger partial charge in [0.05, 0.1) is 10.4 Å². The largest absolute Gasteiger partial charge is 0.320 e. The predicted octanol–water partition coefficient (Wildman–Crippen LogP) is 3.87. The number of benzene rings is 1. The van der Waals surface area contributed by atoms with Crippen molar-refractivity contribution < 1.29 is 13.2 Å². The molecule has 0 aliphatic rings. The molecule has 1 atom stereocenters. The zero-order chi connectivity index (χ0) is 12.6. The van der Waals surface area contributed by atoms with E-state index in [4.69, 9.17) is 17.3 Å². The van der Waals surface area contributed by atoms with Gasteiger partial charge in [0.25, 0.3) is 0 Å². The SMILES string of the molecule is NC(c1cc(F)c(F)c(F)c1)c1ccc(Cl)s1. The average Bonchev–Trinajstić information content (AvgIpc) is 2.71. The van der Waals surface area contributed by atoms with Crippen LogP contribution >= 0.6 is 22.9 Å². The fourth-order valence-electron chi connectivity index (χ4n) is 1.41. The number of rotatable bonds is 2. The van der Waals surface area contributed by atoms with E-state index in [2.05, 4.69) is 0 Å². The Kier molecular flexibility index (Phi) is 3.42. The molecule has 0 amide bonds. The van der Waals surface area contributed by atoms with Crippen molar-refractivity contribution in [2.75, 3.05) is 0 Å². The summed E-state index contributed by atoms with van der Waals surface area (Å²) < 4.78 is 39.4. The molecule has 0 aliphatic carbocycles. The molecule has 0 saturated heterocycles.